The van der Waals surface area contributed by atoms with E-state index in [0.29, 0.717) is 30.8 Å². The van der Waals surface area contributed by atoms with E-state index >= 15 is 0 Å². The molecule has 8 nitrogen and oxygen atoms in total. The smallest absolute Gasteiger partial charge is 0.407 e. The molecular weight excluding hydrogens is 454 g/mol. The van der Waals surface area contributed by atoms with Crippen LogP contribution in [-0.4, -0.2) is 46.8 Å². The Kier molecular flexibility index (Phi) is 5.79. The van der Waals surface area contributed by atoms with Crippen LogP contribution in [0.4, 0.5) is 4.79 Å². The number of nitrogens with one attached hydrogen (secondary N) is 2. The van der Waals surface area contributed by atoms with Gasteiger partial charge in [0.2, 0.25) is 0 Å². The van der Waals surface area contributed by atoms with Gasteiger partial charge in [0.15, 0.2) is 0 Å². The molecule has 1 heterocycles. The summed E-state index contributed by atoms with van der Waals surface area (Å²) in [6, 6.07) is 16.3. The fourth-order valence-corrected chi connectivity index (χ4v) is 5.03. The van der Waals surface area contributed by atoms with Crippen LogP contribution in [0.5, 0.6) is 0 Å². The Bertz CT molecular complexity index is 1220. The van der Waals surface area contributed by atoms with Crippen molar-refractivity contribution in [3.63, 3.8) is 0 Å². The van der Waals surface area contributed by atoms with Crippen molar-refractivity contribution in [1.29, 1.82) is 0 Å². The van der Waals surface area contributed by atoms with Crippen LogP contribution in [0.15, 0.2) is 53.9 Å². The fourth-order valence-electron chi connectivity index (χ4n) is 4.25. The third-order valence-corrected chi connectivity index (χ3v) is 7.16. The van der Waals surface area contributed by atoms with E-state index in [0.717, 1.165) is 11.1 Å². The normalized spacial score (nSPS) is 15.2. The van der Waals surface area contributed by atoms with Gasteiger partial charge in [-0.3, -0.25) is 4.79 Å². The molecule has 2 aliphatic carbocycles. The minimum Gasteiger partial charge on any atom is -0.480 e. The molecule has 1 fully saturated rings. The molecule has 0 atom stereocenters. The Morgan fingerprint density at radius 2 is 1.71 bits per heavy atom. The SMILES string of the molecule is O=C(NCCc1nc(C(=O)NC2(C(=O)O)CC2)cs1)OCC1c2ccccc2-c2ccccc21. The molecule has 0 spiro atoms. The summed E-state index contributed by atoms with van der Waals surface area (Å²) in [6.07, 6.45) is 0.782. The predicted octanol–water partition coefficient (Wildman–Crippen LogP) is 3.57. The number of alkyl carbamates (subject to hydrolysis) is 1. The molecule has 0 radical (unpaired) electrons. The molecule has 0 unspecified atom stereocenters. The summed E-state index contributed by atoms with van der Waals surface area (Å²) in [5, 5.41) is 16.7. The minimum absolute atomic E-state index is 0.00116. The third-order valence-electron chi connectivity index (χ3n) is 6.25. The van der Waals surface area contributed by atoms with Gasteiger partial charge in [-0.1, -0.05) is 48.5 Å². The largest absolute Gasteiger partial charge is 0.480 e. The maximum absolute atomic E-state index is 12.3. The van der Waals surface area contributed by atoms with Gasteiger partial charge in [0.1, 0.15) is 17.8 Å². The van der Waals surface area contributed by atoms with E-state index in [1.165, 1.54) is 22.5 Å². The number of amides is 2. The second-order valence-corrected chi connectivity index (χ2v) is 9.41. The van der Waals surface area contributed by atoms with E-state index in [9.17, 15) is 19.5 Å². The molecule has 2 amide bonds. The standard InChI is InChI=1S/C25H23N3O5S/c29-22(28-25(10-11-25)23(30)31)20-14-34-21(27-20)9-12-26-24(32)33-13-19-17-7-3-1-5-15(17)16-6-2-4-8-18(16)19/h1-8,14,19H,9-13H2,(H,26,32)(H,28,29)(H,30,31). The van der Waals surface area contributed by atoms with Gasteiger partial charge >= 0.3 is 12.1 Å². The summed E-state index contributed by atoms with van der Waals surface area (Å²) in [4.78, 5) is 40.0. The van der Waals surface area contributed by atoms with Crippen molar-refractivity contribution in [2.75, 3.05) is 13.2 Å². The predicted molar refractivity (Wildman–Crippen MR) is 126 cm³/mol. The Balaban J connectivity index is 1.11. The van der Waals surface area contributed by atoms with Crippen molar-refractivity contribution in [3.05, 3.63) is 75.7 Å². The number of benzene rings is 2. The zero-order valence-corrected chi connectivity index (χ0v) is 19.1. The van der Waals surface area contributed by atoms with Crippen LogP contribution in [-0.2, 0) is 16.0 Å². The van der Waals surface area contributed by atoms with Gasteiger partial charge in [-0.2, -0.15) is 0 Å². The highest BCUT2D eigenvalue weighted by atomic mass is 32.1. The van der Waals surface area contributed by atoms with E-state index in [1.54, 1.807) is 5.38 Å². The summed E-state index contributed by atoms with van der Waals surface area (Å²) in [6.45, 7) is 0.553. The number of carboxylic acids is 1. The molecule has 5 rings (SSSR count). The van der Waals surface area contributed by atoms with Crippen molar-refractivity contribution in [1.82, 2.24) is 15.6 Å². The summed E-state index contributed by atoms with van der Waals surface area (Å²) < 4.78 is 5.52. The fraction of sp³-hybridized carbons (Fsp3) is 0.280. The third kappa shape index (κ3) is 4.26. The number of rotatable bonds is 8. The lowest BCUT2D eigenvalue weighted by atomic mass is 9.98. The summed E-state index contributed by atoms with van der Waals surface area (Å²) >= 11 is 1.29. The first kappa shape index (κ1) is 22.1. The van der Waals surface area contributed by atoms with Crippen molar-refractivity contribution in [2.45, 2.75) is 30.7 Å². The minimum atomic E-state index is -1.15. The molecule has 1 saturated carbocycles. The molecule has 1 aromatic heterocycles. The lowest BCUT2D eigenvalue weighted by Gasteiger charge is -2.14. The molecule has 3 N–H and O–H groups in total. The van der Waals surface area contributed by atoms with Crippen LogP contribution in [0.1, 0.15) is 45.4 Å². The number of aliphatic carboxylic acids is 1. The number of fused-ring (bicyclic) bond motifs is 3. The van der Waals surface area contributed by atoms with Crippen molar-refractivity contribution >= 4 is 29.3 Å². The number of hydrogen-bond donors (Lipinski definition) is 3. The Labute approximate surface area is 200 Å². The topological polar surface area (TPSA) is 118 Å². The number of aromatic nitrogens is 1. The molecule has 2 aliphatic rings. The second kappa shape index (κ2) is 8.90. The van der Waals surface area contributed by atoms with Gasteiger partial charge in [0.05, 0.1) is 5.01 Å². The van der Waals surface area contributed by atoms with Crippen LogP contribution in [0.2, 0.25) is 0 Å². The highest BCUT2D eigenvalue weighted by molar-refractivity contribution is 7.09. The summed E-state index contributed by atoms with van der Waals surface area (Å²) in [5.41, 5.74) is 3.70. The van der Waals surface area contributed by atoms with Gasteiger partial charge in [-0.15, -0.1) is 11.3 Å². The van der Waals surface area contributed by atoms with E-state index in [-0.39, 0.29) is 18.2 Å². The number of carbonyl (C=O) groups is 3. The maximum atomic E-state index is 12.3. The van der Waals surface area contributed by atoms with Crippen LogP contribution in [0, 0.1) is 0 Å². The first-order chi connectivity index (χ1) is 16.5. The number of nitrogens with zero attached hydrogens (tertiary/aromatic N) is 1. The maximum Gasteiger partial charge on any atom is 0.407 e. The van der Waals surface area contributed by atoms with E-state index < -0.39 is 23.5 Å². The molecule has 9 heteroatoms. The molecular formula is C25H23N3O5S. The molecule has 174 valence electrons. The number of thiazole rings is 1. The molecule has 0 bridgehead atoms. The first-order valence-electron chi connectivity index (χ1n) is 11.1. The molecule has 0 aliphatic heterocycles. The van der Waals surface area contributed by atoms with Gasteiger partial charge in [0.25, 0.3) is 5.91 Å². The molecule has 3 aromatic rings. The van der Waals surface area contributed by atoms with Crippen LogP contribution >= 0.6 is 11.3 Å². The highest BCUT2D eigenvalue weighted by Gasteiger charge is 2.51. The number of carbonyl (C=O) groups excluding carboxylic acids is 2. The van der Waals surface area contributed by atoms with Crippen molar-refractivity contribution in [2.24, 2.45) is 0 Å². The van der Waals surface area contributed by atoms with Crippen LogP contribution in [0.3, 0.4) is 0 Å². The Morgan fingerprint density at radius 1 is 1.06 bits per heavy atom. The van der Waals surface area contributed by atoms with Gasteiger partial charge in [0, 0.05) is 24.3 Å². The Morgan fingerprint density at radius 3 is 2.32 bits per heavy atom. The van der Waals surface area contributed by atoms with Crippen LogP contribution in [0.25, 0.3) is 11.1 Å². The number of hydrogen-bond acceptors (Lipinski definition) is 6. The first-order valence-corrected chi connectivity index (χ1v) is 11.9. The lowest BCUT2D eigenvalue weighted by Crippen LogP contribution is -2.43. The molecule has 34 heavy (non-hydrogen) atoms. The quantitative estimate of drug-likeness (QED) is 0.457. The molecule has 2 aromatic carbocycles. The van der Waals surface area contributed by atoms with E-state index in [2.05, 4.69) is 39.9 Å². The van der Waals surface area contributed by atoms with E-state index in [1.807, 2.05) is 24.3 Å². The number of carboxylic acid groups (broad SMARTS) is 1. The second-order valence-electron chi connectivity index (χ2n) is 8.47. The van der Waals surface area contributed by atoms with E-state index in [4.69, 9.17) is 4.74 Å². The molecule has 0 saturated heterocycles. The van der Waals surface area contributed by atoms with Gasteiger partial charge in [-0.25, -0.2) is 14.6 Å². The average molecular weight is 478 g/mol. The highest BCUT2D eigenvalue weighted by Crippen LogP contribution is 2.44. The van der Waals surface area contributed by atoms with Crippen molar-refractivity contribution in [3.8, 4) is 11.1 Å². The summed E-state index contributed by atoms with van der Waals surface area (Å²) in [7, 11) is 0. The van der Waals surface area contributed by atoms with Crippen LogP contribution < -0.4 is 10.6 Å². The monoisotopic (exact) mass is 477 g/mol. The van der Waals surface area contributed by atoms with Crippen molar-refractivity contribution < 1.29 is 24.2 Å². The number of ether oxygens (including phenoxy) is 1. The van der Waals surface area contributed by atoms with Gasteiger partial charge < -0.3 is 20.5 Å². The summed E-state index contributed by atoms with van der Waals surface area (Å²) in [5.74, 6) is -1.52. The zero-order chi connectivity index (χ0) is 23.7. The average Bonchev–Trinajstić information content (AvgIpc) is 3.35. The lowest BCUT2D eigenvalue weighted by molar-refractivity contribution is -0.140. The zero-order valence-electron chi connectivity index (χ0n) is 18.2. The Hall–Kier alpha value is -3.72. The van der Waals surface area contributed by atoms with Gasteiger partial charge in [-0.05, 0) is 35.1 Å².